The van der Waals surface area contributed by atoms with E-state index in [1.807, 2.05) is 24.3 Å². The van der Waals surface area contributed by atoms with Crippen LogP contribution in [0, 0.1) is 21.4 Å². The molecule has 0 aromatic heterocycles. The lowest BCUT2D eigenvalue weighted by atomic mass is 9.93. The standard InChI is InChI=1S/C14H9BrN2O2/c15-12-5-1-10(2-6-12)14(9-16)11-3-7-13(8-4-11)17(18)19/h1-8,14H. The summed E-state index contributed by atoms with van der Waals surface area (Å²) in [4.78, 5) is 10.1. The number of nitrogens with zero attached hydrogens (tertiary/aromatic N) is 2. The van der Waals surface area contributed by atoms with E-state index >= 15 is 0 Å². The molecule has 0 saturated heterocycles. The van der Waals surface area contributed by atoms with Gasteiger partial charge >= 0.3 is 0 Å². The first-order valence-corrected chi connectivity index (χ1v) is 6.30. The van der Waals surface area contributed by atoms with Gasteiger partial charge in [-0.2, -0.15) is 5.26 Å². The molecule has 0 fully saturated rings. The Bertz CT molecular complexity index is 630. The van der Waals surface area contributed by atoms with Crippen LogP contribution in [0.25, 0.3) is 0 Å². The highest BCUT2D eigenvalue weighted by atomic mass is 79.9. The van der Waals surface area contributed by atoms with Gasteiger partial charge in [-0.05, 0) is 23.3 Å². The van der Waals surface area contributed by atoms with Crippen LogP contribution in [0.4, 0.5) is 5.69 Å². The first kappa shape index (κ1) is 13.2. The Hall–Kier alpha value is -2.19. The molecular weight excluding hydrogens is 308 g/mol. The number of hydrogen-bond acceptors (Lipinski definition) is 3. The summed E-state index contributed by atoms with van der Waals surface area (Å²) in [5.41, 5.74) is 1.63. The van der Waals surface area contributed by atoms with Crippen molar-refractivity contribution >= 4 is 21.6 Å². The average Bonchev–Trinajstić information content (AvgIpc) is 2.42. The van der Waals surface area contributed by atoms with Gasteiger partial charge in [0.1, 0.15) is 0 Å². The monoisotopic (exact) mass is 316 g/mol. The van der Waals surface area contributed by atoms with Gasteiger partial charge in [-0.15, -0.1) is 0 Å². The van der Waals surface area contributed by atoms with Crippen LogP contribution in [0.3, 0.4) is 0 Å². The van der Waals surface area contributed by atoms with Crippen LogP contribution in [-0.2, 0) is 0 Å². The summed E-state index contributed by atoms with van der Waals surface area (Å²) in [7, 11) is 0. The maximum atomic E-state index is 10.6. The molecule has 19 heavy (non-hydrogen) atoms. The maximum Gasteiger partial charge on any atom is 0.269 e. The van der Waals surface area contributed by atoms with Gasteiger partial charge in [0.05, 0.1) is 16.9 Å². The number of non-ortho nitro benzene ring substituents is 1. The average molecular weight is 317 g/mol. The Kier molecular flexibility index (Phi) is 3.93. The molecule has 2 aromatic rings. The molecule has 0 spiro atoms. The predicted molar refractivity (Wildman–Crippen MR) is 74.7 cm³/mol. The van der Waals surface area contributed by atoms with Gasteiger partial charge in [-0.1, -0.05) is 40.2 Å². The van der Waals surface area contributed by atoms with Crippen LogP contribution < -0.4 is 0 Å². The molecule has 0 N–H and O–H groups in total. The summed E-state index contributed by atoms with van der Waals surface area (Å²) >= 11 is 3.34. The molecule has 0 amide bonds. The largest absolute Gasteiger partial charge is 0.269 e. The van der Waals surface area contributed by atoms with Crippen molar-refractivity contribution in [3.05, 3.63) is 74.2 Å². The molecular formula is C14H9BrN2O2. The highest BCUT2D eigenvalue weighted by molar-refractivity contribution is 9.10. The van der Waals surface area contributed by atoms with Gasteiger partial charge in [-0.25, -0.2) is 0 Å². The van der Waals surface area contributed by atoms with Crippen molar-refractivity contribution < 1.29 is 4.92 Å². The fourth-order valence-electron chi connectivity index (χ4n) is 1.79. The number of nitro benzene ring substituents is 1. The molecule has 2 rings (SSSR count). The molecule has 0 aliphatic carbocycles. The molecule has 0 aliphatic heterocycles. The van der Waals surface area contributed by atoms with E-state index in [9.17, 15) is 15.4 Å². The third-order valence-electron chi connectivity index (χ3n) is 2.77. The molecule has 2 aromatic carbocycles. The van der Waals surface area contributed by atoms with Gasteiger partial charge in [0.2, 0.25) is 0 Å². The van der Waals surface area contributed by atoms with Crippen LogP contribution in [0.2, 0.25) is 0 Å². The van der Waals surface area contributed by atoms with Crippen LogP contribution in [0.15, 0.2) is 53.0 Å². The smallest absolute Gasteiger partial charge is 0.258 e. The van der Waals surface area contributed by atoms with E-state index in [-0.39, 0.29) is 5.69 Å². The quantitative estimate of drug-likeness (QED) is 0.634. The first-order valence-electron chi connectivity index (χ1n) is 5.51. The summed E-state index contributed by atoms with van der Waals surface area (Å²) in [6, 6.07) is 15.7. The number of nitriles is 1. The zero-order chi connectivity index (χ0) is 13.8. The van der Waals surface area contributed by atoms with E-state index in [4.69, 9.17) is 0 Å². The van der Waals surface area contributed by atoms with Gasteiger partial charge < -0.3 is 0 Å². The first-order chi connectivity index (χ1) is 9.11. The van der Waals surface area contributed by atoms with Gasteiger partial charge in [0.25, 0.3) is 5.69 Å². The number of hydrogen-bond donors (Lipinski definition) is 0. The summed E-state index contributed by atoms with van der Waals surface area (Å²) in [6.45, 7) is 0. The molecule has 1 atom stereocenters. The van der Waals surface area contributed by atoms with Crippen LogP contribution in [0.5, 0.6) is 0 Å². The number of nitro groups is 1. The number of benzene rings is 2. The summed E-state index contributed by atoms with van der Waals surface area (Å²) < 4.78 is 0.941. The van der Waals surface area contributed by atoms with Crippen LogP contribution in [-0.4, -0.2) is 4.92 Å². The molecule has 1 unspecified atom stereocenters. The minimum absolute atomic E-state index is 0.0243. The lowest BCUT2D eigenvalue weighted by Crippen LogP contribution is -1.98. The SMILES string of the molecule is N#CC(c1ccc(Br)cc1)c1ccc([N+](=O)[O-])cc1. The fourth-order valence-corrected chi connectivity index (χ4v) is 2.05. The highest BCUT2D eigenvalue weighted by Gasteiger charge is 2.14. The van der Waals surface area contributed by atoms with Crippen molar-refractivity contribution in [1.29, 1.82) is 5.26 Å². The second kappa shape index (κ2) is 5.63. The van der Waals surface area contributed by atoms with Crippen molar-refractivity contribution in [3.8, 4) is 6.07 Å². The second-order valence-electron chi connectivity index (χ2n) is 3.96. The molecule has 4 nitrogen and oxygen atoms in total. The molecule has 0 saturated carbocycles. The van der Waals surface area contributed by atoms with Crippen molar-refractivity contribution in [1.82, 2.24) is 0 Å². The molecule has 0 aliphatic rings. The van der Waals surface area contributed by atoms with E-state index in [0.717, 1.165) is 15.6 Å². The third kappa shape index (κ3) is 2.98. The lowest BCUT2D eigenvalue weighted by molar-refractivity contribution is -0.384. The number of rotatable bonds is 3. The Morgan fingerprint density at radius 2 is 1.53 bits per heavy atom. The van der Waals surface area contributed by atoms with Crippen molar-refractivity contribution in [3.63, 3.8) is 0 Å². The topological polar surface area (TPSA) is 66.9 Å². The lowest BCUT2D eigenvalue weighted by Gasteiger charge is -2.09. The zero-order valence-corrected chi connectivity index (χ0v) is 11.4. The Balaban J connectivity index is 2.35. The zero-order valence-electron chi connectivity index (χ0n) is 9.79. The molecule has 0 heterocycles. The number of halogens is 1. The van der Waals surface area contributed by atoms with E-state index < -0.39 is 10.8 Å². The Labute approximate surface area is 118 Å². The van der Waals surface area contributed by atoms with E-state index in [2.05, 4.69) is 22.0 Å². The van der Waals surface area contributed by atoms with Gasteiger partial charge in [-0.3, -0.25) is 10.1 Å². The van der Waals surface area contributed by atoms with E-state index in [1.165, 1.54) is 12.1 Å². The van der Waals surface area contributed by atoms with Crippen molar-refractivity contribution in [2.24, 2.45) is 0 Å². The van der Waals surface area contributed by atoms with Crippen molar-refractivity contribution in [2.75, 3.05) is 0 Å². The van der Waals surface area contributed by atoms with Gasteiger partial charge in [0.15, 0.2) is 0 Å². The van der Waals surface area contributed by atoms with Crippen LogP contribution >= 0.6 is 15.9 Å². The minimum Gasteiger partial charge on any atom is -0.258 e. The molecule has 0 radical (unpaired) electrons. The fraction of sp³-hybridized carbons (Fsp3) is 0.0714. The molecule has 94 valence electrons. The normalized spacial score (nSPS) is 11.6. The summed E-state index contributed by atoms with van der Waals surface area (Å²) in [5.74, 6) is -0.422. The Morgan fingerprint density at radius 3 is 1.95 bits per heavy atom. The maximum absolute atomic E-state index is 10.6. The van der Waals surface area contributed by atoms with Gasteiger partial charge in [0, 0.05) is 16.6 Å². The molecule has 0 bridgehead atoms. The Morgan fingerprint density at radius 1 is 1.05 bits per heavy atom. The molecule has 5 heteroatoms. The summed E-state index contributed by atoms with van der Waals surface area (Å²) in [6.07, 6.45) is 0. The third-order valence-corrected chi connectivity index (χ3v) is 3.30. The van der Waals surface area contributed by atoms with Crippen molar-refractivity contribution in [2.45, 2.75) is 5.92 Å². The van der Waals surface area contributed by atoms with E-state index in [0.29, 0.717) is 0 Å². The summed E-state index contributed by atoms with van der Waals surface area (Å²) in [5, 5.41) is 19.9. The second-order valence-corrected chi connectivity index (χ2v) is 4.88. The predicted octanol–water partition coefficient (Wildman–Crippen LogP) is 4.01. The highest BCUT2D eigenvalue weighted by Crippen LogP contribution is 2.26. The minimum atomic E-state index is -0.454. The van der Waals surface area contributed by atoms with E-state index in [1.54, 1.807) is 12.1 Å². The van der Waals surface area contributed by atoms with Crippen LogP contribution in [0.1, 0.15) is 17.0 Å².